The van der Waals surface area contributed by atoms with Crippen LogP contribution in [0.4, 0.5) is 30.7 Å². The van der Waals surface area contributed by atoms with Gasteiger partial charge in [-0.25, -0.2) is 15.2 Å². The zero-order valence-electron chi connectivity index (χ0n) is 19.3. The number of aliphatic hydroxyl groups is 1. The highest BCUT2D eigenvalue weighted by molar-refractivity contribution is 5.17. The molecule has 3 heterocycles. The summed E-state index contributed by atoms with van der Waals surface area (Å²) in [4.78, 5) is 0. The molecule has 7 atom stereocenters. The average Bonchev–Trinajstić information content (AvgIpc) is 3.29. The van der Waals surface area contributed by atoms with Gasteiger partial charge in [-0.2, -0.15) is 26.3 Å². The molecule has 0 aromatic heterocycles. The van der Waals surface area contributed by atoms with E-state index in [1.54, 1.807) is 0 Å². The fourth-order valence-electron chi connectivity index (χ4n) is 5.10. The van der Waals surface area contributed by atoms with Crippen molar-refractivity contribution in [3.05, 3.63) is 35.6 Å². The Hall–Kier alpha value is -1.51. The second-order valence-corrected chi connectivity index (χ2v) is 9.75. The quantitative estimate of drug-likeness (QED) is 0.434. The predicted octanol–water partition coefficient (Wildman–Crippen LogP) is 4.04. The summed E-state index contributed by atoms with van der Waals surface area (Å²) in [5.74, 6) is -2.28. The average molecular weight is 529 g/mol. The number of piperidine rings is 1. The van der Waals surface area contributed by atoms with Crippen LogP contribution in [-0.2, 0) is 15.9 Å². The normalized spacial score (nSPS) is 36.9. The Kier molecular flexibility index (Phi) is 8.18. The number of benzene rings is 1. The summed E-state index contributed by atoms with van der Waals surface area (Å²) in [5, 5.41) is 13.4. The van der Waals surface area contributed by atoms with Crippen molar-refractivity contribution < 1.29 is 45.3 Å². The van der Waals surface area contributed by atoms with E-state index in [4.69, 9.17) is 9.47 Å². The molecule has 3 saturated heterocycles. The lowest BCUT2D eigenvalue weighted by atomic mass is 9.90. The van der Waals surface area contributed by atoms with Crippen molar-refractivity contribution in [3.8, 4) is 0 Å². The molecule has 36 heavy (non-hydrogen) atoms. The molecule has 0 radical (unpaired) electrons. The van der Waals surface area contributed by atoms with Crippen LogP contribution in [0.15, 0.2) is 24.3 Å². The topological polar surface area (TPSA) is 74.8 Å². The minimum atomic E-state index is -4.99. The molecule has 3 aliphatic heterocycles. The van der Waals surface area contributed by atoms with Crippen molar-refractivity contribution in [2.24, 2.45) is 5.92 Å². The number of alkyl halides is 6. The molecule has 13 heteroatoms. The SMILES string of the molecule is O[C@]1(C(F)(F)F)CCCCCC(Cc2ccc(F)cc2)OC2NC(CCC2C(F)(F)F)C2NNC1O2. The minimum absolute atomic E-state index is 0.0156. The molecule has 204 valence electrons. The van der Waals surface area contributed by atoms with Crippen LogP contribution < -0.4 is 16.2 Å². The monoisotopic (exact) mass is 529 g/mol. The summed E-state index contributed by atoms with van der Waals surface area (Å²) < 4.78 is 108. The van der Waals surface area contributed by atoms with Gasteiger partial charge >= 0.3 is 12.4 Å². The second kappa shape index (κ2) is 10.7. The Morgan fingerprint density at radius 2 is 1.61 bits per heavy atom. The van der Waals surface area contributed by atoms with Gasteiger partial charge in [-0.05, 0) is 49.8 Å². The Morgan fingerprint density at radius 3 is 2.28 bits per heavy atom. The number of rotatable bonds is 2. The minimum Gasteiger partial charge on any atom is -0.377 e. The third-order valence-electron chi connectivity index (χ3n) is 7.18. The van der Waals surface area contributed by atoms with Crippen molar-refractivity contribution in [1.82, 2.24) is 16.2 Å². The van der Waals surface area contributed by atoms with Crippen LogP contribution in [0.1, 0.15) is 50.5 Å². The molecule has 0 amide bonds. The van der Waals surface area contributed by atoms with Crippen molar-refractivity contribution in [3.63, 3.8) is 0 Å². The van der Waals surface area contributed by atoms with E-state index in [1.807, 2.05) is 0 Å². The predicted molar refractivity (Wildman–Crippen MR) is 113 cm³/mol. The van der Waals surface area contributed by atoms with Gasteiger partial charge in [-0.15, -0.1) is 0 Å². The second-order valence-electron chi connectivity index (χ2n) is 9.75. The molecule has 0 saturated carbocycles. The molecule has 0 spiro atoms. The molecule has 4 N–H and O–H groups in total. The smallest absolute Gasteiger partial charge is 0.377 e. The highest BCUT2D eigenvalue weighted by atomic mass is 19.4. The summed E-state index contributed by atoms with van der Waals surface area (Å²) in [6.07, 6.45) is -14.4. The van der Waals surface area contributed by atoms with E-state index < -0.39 is 66.9 Å². The van der Waals surface area contributed by atoms with Crippen LogP contribution in [0, 0.1) is 11.7 Å². The number of fused-ring (bicyclic) bond motifs is 5. The number of hydrogen-bond donors (Lipinski definition) is 4. The maximum atomic E-state index is 13.8. The number of nitrogens with one attached hydrogen (secondary N) is 3. The summed E-state index contributed by atoms with van der Waals surface area (Å²) in [6, 6.07) is 4.73. The molecule has 3 aliphatic rings. The maximum absolute atomic E-state index is 13.8. The lowest BCUT2D eigenvalue weighted by Crippen LogP contribution is -2.60. The van der Waals surface area contributed by atoms with E-state index in [9.17, 15) is 35.8 Å². The molecule has 6 unspecified atom stereocenters. The van der Waals surface area contributed by atoms with Gasteiger partial charge < -0.3 is 14.6 Å². The first-order chi connectivity index (χ1) is 16.9. The Labute approximate surface area is 203 Å². The van der Waals surface area contributed by atoms with Crippen LogP contribution in [0.25, 0.3) is 0 Å². The molecule has 0 aliphatic carbocycles. The molecular formula is C23H30F7N3O3. The van der Waals surface area contributed by atoms with Crippen LogP contribution in [0.5, 0.6) is 0 Å². The van der Waals surface area contributed by atoms with Gasteiger partial charge in [0.15, 0.2) is 6.23 Å². The fourth-order valence-corrected chi connectivity index (χ4v) is 5.10. The molecule has 1 aromatic rings. The molecular weight excluding hydrogens is 499 g/mol. The zero-order chi connectivity index (χ0) is 26.1. The van der Waals surface area contributed by atoms with E-state index in [-0.39, 0.29) is 38.5 Å². The van der Waals surface area contributed by atoms with Gasteiger partial charge in [-0.3, -0.25) is 5.32 Å². The third-order valence-corrected chi connectivity index (χ3v) is 7.18. The first-order valence-electron chi connectivity index (χ1n) is 12.0. The molecule has 1 aromatic carbocycles. The van der Waals surface area contributed by atoms with Gasteiger partial charge in [0.25, 0.3) is 0 Å². The van der Waals surface area contributed by atoms with Crippen molar-refractivity contribution in [2.45, 2.75) is 100 Å². The molecule has 6 nitrogen and oxygen atoms in total. The summed E-state index contributed by atoms with van der Waals surface area (Å²) in [5.41, 5.74) is 2.38. The number of halogens is 7. The van der Waals surface area contributed by atoms with Crippen molar-refractivity contribution >= 4 is 0 Å². The van der Waals surface area contributed by atoms with Gasteiger partial charge in [0.2, 0.25) is 5.60 Å². The van der Waals surface area contributed by atoms with Crippen LogP contribution in [0.3, 0.4) is 0 Å². The lowest BCUT2D eigenvalue weighted by molar-refractivity contribution is -0.301. The Balaban J connectivity index is 1.59. The van der Waals surface area contributed by atoms with Crippen LogP contribution in [-0.4, -0.2) is 53.9 Å². The molecule has 4 rings (SSSR count). The summed E-state index contributed by atoms with van der Waals surface area (Å²) in [7, 11) is 0. The zero-order valence-corrected chi connectivity index (χ0v) is 19.3. The van der Waals surface area contributed by atoms with E-state index >= 15 is 0 Å². The molecule has 4 bridgehead atoms. The lowest BCUT2D eigenvalue weighted by Gasteiger charge is -2.41. The Bertz CT molecular complexity index is 870. The first-order valence-corrected chi connectivity index (χ1v) is 12.0. The Morgan fingerprint density at radius 1 is 0.889 bits per heavy atom. The standard InChI is InChI=1S/C23H30F7N3O3/c24-14-7-5-13(6-8-14)12-15-4-2-1-3-11-21(34,23(28,29)30)20-33-32-19(36-20)17-10-9-16(22(25,26)27)18(31-17)35-15/h5-8,15-20,31-34H,1-4,9-12H2/t15?,16?,17?,18?,19?,20?,21-/m1/s1. The van der Waals surface area contributed by atoms with Crippen LogP contribution in [0.2, 0.25) is 0 Å². The highest BCUT2D eigenvalue weighted by Crippen LogP contribution is 2.41. The number of ether oxygens (including phenoxy) is 2. The van der Waals surface area contributed by atoms with E-state index in [1.165, 1.54) is 24.3 Å². The van der Waals surface area contributed by atoms with Gasteiger partial charge in [0.1, 0.15) is 18.3 Å². The highest BCUT2D eigenvalue weighted by Gasteiger charge is 2.61. The molecule has 3 fully saturated rings. The van der Waals surface area contributed by atoms with Gasteiger partial charge in [0, 0.05) is 0 Å². The van der Waals surface area contributed by atoms with Gasteiger partial charge in [-0.1, -0.05) is 31.4 Å². The number of hydrogen-bond acceptors (Lipinski definition) is 6. The van der Waals surface area contributed by atoms with Crippen LogP contribution >= 0.6 is 0 Å². The van der Waals surface area contributed by atoms with Gasteiger partial charge in [0.05, 0.1) is 18.1 Å². The first kappa shape index (κ1) is 27.5. The van der Waals surface area contributed by atoms with Crippen molar-refractivity contribution in [2.75, 3.05) is 0 Å². The maximum Gasteiger partial charge on any atom is 0.421 e. The van der Waals surface area contributed by atoms with E-state index in [0.29, 0.717) is 12.0 Å². The van der Waals surface area contributed by atoms with E-state index in [2.05, 4.69) is 16.2 Å². The van der Waals surface area contributed by atoms with Crippen molar-refractivity contribution in [1.29, 1.82) is 0 Å². The fraction of sp³-hybridized carbons (Fsp3) is 0.739. The summed E-state index contributed by atoms with van der Waals surface area (Å²) in [6.45, 7) is 0. The third kappa shape index (κ3) is 6.13. The van der Waals surface area contributed by atoms with E-state index in [0.717, 1.165) is 0 Å². The summed E-state index contributed by atoms with van der Waals surface area (Å²) >= 11 is 0. The largest absolute Gasteiger partial charge is 0.421 e. The number of hydrazine groups is 1.